The lowest BCUT2D eigenvalue weighted by Gasteiger charge is -2.12. The summed E-state index contributed by atoms with van der Waals surface area (Å²) >= 11 is 1.10. The number of rotatable bonds is 0. The molecule has 1 heterocycles. The molecule has 0 saturated carbocycles. The Morgan fingerprint density at radius 2 is 2.22 bits per heavy atom. The highest BCUT2D eigenvalue weighted by molar-refractivity contribution is 8.15. The van der Waals surface area contributed by atoms with Crippen LogP contribution in [0.1, 0.15) is 6.42 Å². The number of Topliss-reactive ketones (excluding diaryl/α,β-unsaturated/α-hetero) is 1. The summed E-state index contributed by atoms with van der Waals surface area (Å²) in [5.74, 6) is 0.156. The van der Waals surface area contributed by atoms with Crippen LogP contribution in [0.3, 0.4) is 0 Å². The van der Waals surface area contributed by atoms with Gasteiger partial charge in [-0.05, 0) is 13.3 Å². The highest BCUT2D eigenvalue weighted by Crippen LogP contribution is 2.19. The van der Waals surface area contributed by atoms with E-state index in [9.17, 15) is 9.59 Å². The van der Waals surface area contributed by atoms with Crippen molar-refractivity contribution in [1.29, 1.82) is 0 Å². The van der Waals surface area contributed by atoms with Crippen LogP contribution in [0.4, 0.5) is 0 Å². The SMILES string of the molecule is [CH2]C1CCSC(=O)C1=O. The number of thioether (sulfide) groups is 1. The number of hydrogen-bond donors (Lipinski definition) is 0. The molecule has 9 heavy (non-hydrogen) atoms. The number of carbonyl (C=O) groups is 2. The van der Waals surface area contributed by atoms with E-state index in [2.05, 4.69) is 6.92 Å². The summed E-state index contributed by atoms with van der Waals surface area (Å²) in [6, 6.07) is 0. The third-order valence-electron chi connectivity index (χ3n) is 1.27. The van der Waals surface area contributed by atoms with Gasteiger partial charge < -0.3 is 0 Å². The molecule has 0 amide bonds. The zero-order chi connectivity index (χ0) is 6.85. The Labute approximate surface area is 58.0 Å². The van der Waals surface area contributed by atoms with Gasteiger partial charge in [0.25, 0.3) is 5.12 Å². The van der Waals surface area contributed by atoms with E-state index in [4.69, 9.17) is 0 Å². The standard InChI is InChI=1S/C6H7O2S/c1-4-2-3-9-6(8)5(4)7/h4H,1-3H2. The van der Waals surface area contributed by atoms with Crippen molar-refractivity contribution >= 4 is 22.7 Å². The largest absolute Gasteiger partial charge is 0.290 e. The molecule has 1 rings (SSSR count). The maximum Gasteiger partial charge on any atom is 0.255 e. The summed E-state index contributed by atoms with van der Waals surface area (Å²) < 4.78 is 0. The molecule has 49 valence electrons. The Morgan fingerprint density at radius 1 is 1.56 bits per heavy atom. The summed E-state index contributed by atoms with van der Waals surface area (Å²) in [6.07, 6.45) is 0.745. The van der Waals surface area contributed by atoms with E-state index in [1.165, 1.54) is 0 Å². The lowest BCUT2D eigenvalue weighted by molar-refractivity contribution is -0.133. The summed E-state index contributed by atoms with van der Waals surface area (Å²) in [5.41, 5.74) is 0. The normalized spacial score (nSPS) is 28.8. The van der Waals surface area contributed by atoms with E-state index in [1.54, 1.807) is 0 Å². The molecule has 1 fully saturated rings. The third kappa shape index (κ3) is 1.33. The molecule has 0 aliphatic carbocycles. The second kappa shape index (κ2) is 2.52. The molecule has 0 aromatic rings. The first kappa shape index (κ1) is 6.81. The summed E-state index contributed by atoms with van der Waals surface area (Å²) in [5, 5.41) is -0.318. The fraction of sp³-hybridized carbons (Fsp3) is 0.500. The fourth-order valence-corrected chi connectivity index (χ4v) is 1.56. The zero-order valence-electron chi connectivity index (χ0n) is 4.92. The lowest BCUT2D eigenvalue weighted by Crippen LogP contribution is -2.24. The van der Waals surface area contributed by atoms with Gasteiger partial charge in [0.05, 0.1) is 0 Å². The number of ketones is 1. The highest BCUT2D eigenvalue weighted by Gasteiger charge is 2.25. The topological polar surface area (TPSA) is 34.1 Å². The van der Waals surface area contributed by atoms with Gasteiger partial charge in [0, 0.05) is 11.7 Å². The first-order valence-corrected chi connectivity index (χ1v) is 3.74. The predicted octanol–water partition coefficient (Wildman–Crippen LogP) is 0.669. The second-order valence-electron chi connectivity index (χ2n) is 1.99. The van der Waals surface area contributed by atoms with Crippen LogP contribution in [-0.4, -0.2) is 16.7 Å². The maximum atomic E-state index is 10.7. The van der Waals surface area contributed by atoms with Crippen LogP contribution in [0.2, 0.25) is 0 Å². The molecule has 1 aliphatic rings. The van der Waals surface area contributed by atoms with Gasteiger partial charge in [-0.3, -0.25) is 9.59 Å². The van der Waals surface area contributed by atoms with E-state index < -0.39 is 0 Å². The Bertz CT molecular complexity index is 153. The van der Waals surface area contributed by atoms with Crippen LogP contribution >= 0.6 is 11.8 Å². The first-order valence-electron chi connectivity index (χ1n) is 2.76. The quantitative estimate of drug-likeness (QED) is 0.467. The van der Waals surface area contributed by atoms with E-state index in [0.29, 0.717) is 0 Å². The van der Waals surface area contributed by atoms with E-state index in [0.717, 1.165) is 23.9 Å². The molecule has 0 aromatic carbocycles. The van der Waals surface area contributed by atoms with E-state index >= 15 is 0 Å². The molecule has 1 unspecified atom stereocenters. The van der Waals surface area contributed by atoms with Crippen molar-refractivity contribution in [2.45, 2.75) is 6.42 Å². The molecule has 1 atom stereocenters. The van der Waals surface area contributed by atoms with Gasteiger partial charge in [0.15, 0.2) is 0 Å². The van der Waals surface area contributed by atoms with Crippen LogP contribution in [-0.2, 0) is 9.59 Å². The Hall–Kier alpha value is -0.310. The molecule has 0 bridgehead atoms. The second-order valence-corrected chi connectivity index (χ2v) is 3.05. The fourth-order valence-electron chi connectivity index (χ4n) is 0.663. The molecule has 3 heteroatoms. The molecule has 1 saturated heterocycles. The Kier molecular flexibility index (Phi) is 1.90. The van der Waals surface area contributed by atoms with Crippen LogP contribution < -0.4 is 0 Å². The van der Waals surface area contributed by atoms with Crippen molar-refractivity contribution in [3.8, 4) is 0 Å². The third-order valence-corrected chi connectivity index (χ3v) is 2.17. The average Bonchev–Trinajstić information content (AvgIpc) is 1.83. The van der Waals surface area contributed by atoms with Crippen LogP contribution in [0.25, 0.3) is 0 Å². The number of hydrogen-bond acceptors (Lipinski definition) is 3. The average molecular weight is 143 g/mol. The first-order chi connectivity index (χ1) is 4.22. The van der Waals surface area contributed by atoms with Gasteiger partial charge in [-0.2, -0.15) is 0 Å². The highest BCUT2D eigenvalue weighted by atomic mass is 32.2. The van der Waals surface area contributed by atoms with Gasteiger partial charge in [0.1, 0.15) is 0 Å². The molecule has 2 nitrogen and oxygen atoms in total. The van der Waals surface area contributed by atoms with Crippen molar-refractivity contribution < 1.29 is 9.59 Å². The molecule has 0 aromatic heterocycles. The maximum absolute atomic E-state index is 10.7. The van der Waals surface area contributed by atoms with Crippen molar-refractivity contribution in [2.75, 3.05) is 5.75 Å². The van der Waals surface area contributed by atoms with Crippen molar-refractivity contribution in [3.63, 3.8) is 0 Å². The van der Waals surface area contributed by atoms with Gasteiger partial charge in [-0.25, -0.2) is 0 Å². The van der Waals surface area contributed by atoms with Gasteiger partial charge in [-0.1, -0.05) is 11.8 Å². The van der Waals surface area contributed by atoms with Crippen LogP contribution in [0.5, 0.6) is 0 Å². The minimum atomic E-state index is -0.318. The van der Waals surface area contributed by atoms with Gasteiger partial charge in [-0.15, -0.1) is 0 Å². The van der Waals surface area contributed by atoms with Crippen molar-refractivity contribution in [2.24, 2.45) is 5.92 Å². The molecule has 1 aliphatic heterocycles. The summed E-state index contributed by atoms with van der Waals surface area (Å²) in [6.45, 7) is 3.55. The number of carbonyl (C=O) groups excluding carboxylic acids is 2. The van der Waals surface area contributed by atoms with E-state index in [1.807, 2.05) is 0 Å². The van der Waals surface area contributed by atoms with Gasteiger partial charge in [0.2, 0.25) is 5.78 Å². The van der Waals surface area contributed by atoms with E-state index in [-0.39, 0.29) is 16.8 Å². The molecule has 0 N–H and O–H groups in total. The van der Waals surface area contributed by atoms with Crippen LogP contribution in [0.15, 0.2) is 0 Å². The van der Waals surface area contributed by atoms with Crippen LogP contribution in [0, 0.1) is 12.8 Å². The Morgan fingerprint density at radius 3 is 2.67 bits per heavy atom. The monoisotopic (exact) mass is 143 g/mol. The van der Waals surface area contributed by atoms with Crippen molar-refractivity contribution in [3.05, 3.63) is 6.92 Å². The summed E-state index contributed by atoms with van der Waals surface area (Å²) in [7, 11) is 0. The van der Waals surface area contributed by atoms with Crippen molar-refractivity contribution in [1.82, 2.24) is 0 Å². The predicted molar refractivity (Wildman–Crippen MR) is 35.9 cm³/mol. The molecule has 0 spiro atoms. The minimum Gasteiger partial charge on any atom is -0.290 e. The molecular formula is C6H7O2S. The molecule has 1 radical (unpaired) electrons. The zero-order valence-corrected chi connectivity index (χ0v) is 5.74. The summed E-state index contributed by atoms with van der Waals surface area (Å²) in [4.78, 5) is 21.3. The van der Waals surface area contributed by atoms with Gasteiger partial charge >= 0.3 is 0 Å². The Balaban J connectivity index is 2.62. The molecular weight excluding hydrogens is 136 g/mol. The lowest BCUT2D eigenvalue weighted by atomic mass is 10.0. The smallest absolute Gasteiger partial charge is 0.255 e. The minimum absolute atomic E-state index is 0.279.